The minimum absolute atomic E-state index is 0.0876. The maximum absolute atomic E-state index is 11.0. The highest BCUT2D eigenvalue weighted by atomic mass is 16.4. The number of aliphatic carboxylic acids is 3. The fraction of sp³-hybridized carbons (Fsp3) is 0.792. The molecule has 31 heavy (non-hydrogen) atoms. The van der Waals surface area contributed by atoms with Crippen LogP contribution in [0.4, 0.5) is 0 Å². The van der Waals surface area contributed by atoms with Gasteiger partial charge in [-0.15, -0.1) is 0 Å². The molecule has 0 fully saturated rings. The second-order valence-electron chi connectivity index (χ2n) is 8.52. The third kappa shape index (κ3) is 18.6. The standard InChI is InChI=1S/C24H43NO6/c1-2-3-4-5-6-7-8-9-10-11-18-25(19-12-15-22(26)27,20-13-16-23(28)29)21-14-17-24(30)31/h3-4H,2,5-21H2,1H3,(H2-,26,27,28,29,30,31)/p+1/b4-3+. The van der Waals surface area contributed by atoms with Crippen molar-refractivity contribution in [1.82, 2.24) is 0 Å². The van der Waals surface area contributed by atoms with Crippen LogP contribution in [0.3, 0.4) is 0 Å². The van der Waals surface area contributed by atoms with E-state index in [0.717, 1.165) is 38.6 Å². The number of hydrogen-bond donors (Lipinski definition) is 3. The van der Waals surface area contributed by atoms with Crippen LogP contribution in [0.5, 0.6) is 0 Å². The lowest BCUT2D eigenvalue weighted by molar-refractivity contribution is -0.929. The number of carbonyl (C=O) groups is 3. The Morgan fingerprint density at radius 1 is 0.581 bits per heavy atom. The average Bonchev–Trinajstić information content (AvgIpc) is 2.68. The summed E-state index contributed by atoms with van der Waals surface area (Å²) in [4.78, 5) is 32.9. The summed E-state index contributed by atoms with van der Waals surface area (Å²) in [6.45, 7) is 4.98. The molecular weight excluding hydrogens is 398 g/mol. The molecule has 0 aromatic rings. The van der Waals surface area contributed by atoms with E-state index >= 15 is 0 Å². The van der Waals surface area contributed by atoms with Gasteiger partial charge in [-0.2, -0.15) is 0 Å². The zero-order valence-corrected chi connectivity index (χ0v) is 19.4. The molecule has 0 saturated carbocycles. The second-order valence-corrected chi connectivity index (χ2v) is 8.52. The molecule has 7 nitrogen and oxygen atoms in total. The Kier molecular flexibility index (Phi) is 17.7. The summed E-state index contributed by atoms with van der Waals surface area (Å²) >= 11 is 0. The van der Waals surface area contributed by atoms with Crippen LogP contribution in [-0.4, -0.2) is 63.9 Å². The number of hydrogen-bond acceptors (Lipinski definition) is 3. The number of nitrogens with zero attached hydrogens (tertiary/aromatic N) is 1. The molecule has 0 rings (SSSR count). The van der Waals surface area contributed by atoms with Gasteiger partial charge in [0.1, 0.15) is 0 Å². The summed E-state index contributed by atoms with van der Waals surface area (Å²) in [5.74, 6) is -2.49. The average molecular weight is 443 g/mol. The molecule has 0 atom stereocenters. The highest BCUT2D eigenvalue weighted by molar-refractivity contribution is 5.67. The molecule has 0 spiro atoms. The van der Waals surface area contributed by atoms with E-state index < -0.39 is 17.9 Å². The van der Waals surface area contributed by atoms with E-state index in [1.165, 1.54) is 19.3 Å². The Hall–Kier alpha value is -1.89. The van der Waals surface area contributed by atoms with E-state index in [9.17, 15) is 14.4 Å². The first-order valence-electron chi connectivity index (χ1n) is 12.0. The molecule has 0 heterocycles. The van der Waals surface area contributed by atoms with Crippen molar-refractivity contribution < 1.29 is 34.2 Å². The molecule has 0 aromatic carbocycles. The molecule has 7 heteroatoms. The molecule has 0 aliphatic carbocycles. The van der Waals surface area contributed by atoms with Crippen molar-refractivity contribution in [1.29, 1.82) is 0 Å². The van der Waals surface area contributed by atoms with Gasteiger partial charge in [0.05, 0.1) is 45.4 Å². The smallest absolute Gasteiger partial charge is 0.303 e. The van der Waals surface area contributed by atoms with Crippen molar-refractivity contribution in [3.63, 3.8) is 0 Å². The van der Waals surface area contributed by atoms with Gasteiger partial charge in [-0.3, -0.25) is 14.4 Å². The van der Waals surface area contributed by atoms with E-state index in [4.69, 9.17) is 15.3 Å². The first-order chi connectivity index (χ1) is 14.8. The first kappa shape index (κ1) is 29.1. The van der Waals surface area contributed by atoms with Crippen LogP contribution in [0.15, 0.2) is 12.2 Å². The summed E-state index contributed by atoms with van der Waals surface area (Å²) in [6.07, 6.45) is 15.4. The van der Waals surface area contributed by atoms with Crippen LogP contribution in [0, 0.1) is 0 Å². The molecule has 0 bridgehead atoms. The van der Waals surface area contributed by atoms with Crippen LogP contribution < -0.4 is 0 Å². The van der Waals surface area contributed by atoms with Gasteiger partial charge >= 0.3 is 17.9 Å². The SMILES string of the molecule is CC/C=C/CCCCCCCC[N+](CCCC(=O)O)(CCCC(=O)O)CCCC(=O)O. The van der Waals surface area contributed by atoms with Gasteiger partial charge in [0.2, 0.25) is 0 Å². The van der Waals surface area contributed by atoms with Crippen LogP contribution in [0.2, 0.25) is 0 Å². The number of allylic oxidation sites excluding steroid dienone is 2. The maximum atomic E-state index is 11.0. The summed E-state index contributed by atoms with van der Waals surface area (Å²) < 4.78 is 0.635. The minimum Gasteiger partial charge on any atom is -0.481 e. The molecule has 0 aliphatic heterocycles. The topological polar surface area (TPSA) is 112 Å². The number of rotatable bonds is 22. The lowest BCUT2D eigenvalue weighted by Gasteiger charge is -2.39. The summed E-state index contributed by atoms with van der Waals surface area (Å²) in [5, 5.41) is 27.0. The molecule has 0 amide bonds. The highest BCUT2D eigenvalue weighted by Crippen LogP contribution is 2.18. The zero-order valence-electron chi connectivity index (χ0n) is 19.4. The van der Waals surface area contributed by atoms with E-state index in [1.54, 1.807) is 0 Å². The fourth-order valence-corrected chi connectivity index (χ4v) is 4.07. The summed E-state index contributed by atoms with van der Waals surface area (Å²) in [7, 11) is 0. The molecule has 0 aromatic heterocycles. The van der Waals surface area contributed by atoms with Gasteiger partial charge in [-0.05, 0) is 32.1 Å². The van der Waals surface area contributed by atoms with Gasteiger partial charge in [-0.1, -0.05) is 38.3 Å². The molecule has 0 unspecified atom stereocenters. The predicted molar refractivity (Wildman–Crippen MR) is 122 cm³/mol. The maximum Gasteiger partial charge on any atom is 0.303 e. The van der Waals surface area contributed by atoms with E-state index in [0.29, 0.717) is 43.4 Å². The van der Waals surface area contributed by atoms with Crippen molar-refractivity contribution in [2.45, 2.75) is 96.8 Å². The Bertz CT molecular complexity index is 482. The molecule has 3 N–H and O–H groups in total. The first-order valence-corrected chi connectivity index (χ1v) is 12.0. The highest BCUT2D eigenvalue weighted by Gasteiger charge is 2.27. The zero-order chi connectivity index (χ0) is 23.4. The van der Waals surface area contributed by atoms with Gasteiger partial charge in [-0.25, -0.2) is 0 Å². The van der Waals surface area contributed by atoms with Crippen molar-refractivity contribution >= 4 is 17.9 Å². The summed E-state index contributed by atoms with van der Waals surface area (Å²) in [5.41, 5.74) is 0. The largest absolute Gasteiger partial charge is 0.481 e. The van der Waals surface area contributed by atoms with Crippen LogP contribution >= 0.6 is 0 Å². The quantitative estimate of drug-likeness (QED) is 0.122. The normalized spacial score (nSPS) is 11.8. The summed E-state index contributed by atoms with van der Waals surface area (Å²) in [6, 6.07) is 0. The number of quaternary nitrogens is 1. The number of unbranched alkanes of at least 4 members (excludes halogenated alkanes) is 6. The predicted octanol–water partition coefficient (Wildman–Crippen LogP) is 5.09. The molecule has 180 valence electrons. The van der Waals surface area contributed by atoms with Crippen molar-refractivity contribution in [2.75, 3.05) is 26.2 Å². The van der Waals surface area contributed by atoms with Crippen molar-refractivity contribution in [3.05, 3.63) is 12.2 Å². The Balaban J connectivity index is 4.65. The second kappa shape index (κ2) is 18.8. The van der Waals surface area contributed by atoms with Crippen LogP contribution in [0.25, 0.3) is 0 Å². The molecule has 0 saturated heterocycles. The van der Waals surface area contributed by atoms with Gasteiger partial charge in [0.15, 0.2) is 0 Å². The molecule has 0 aliphatic rings. The Morgan fingerprint density at radius 2 is 0.968 bits per heavy atom. The van der Waals surface area contributed by atoms with E-state index in [2.05, 4.69) is 19.1 Å². The molecule has 0 radical (unpaired) electrons. The monoisotopic (exact) mass is 442 g/mol. The van der Waals surface area contributed by atoms with Gasteiger partial charge in [0, 0.05) is 19.3 Å². The van der Waals surface area contributed by atoms with E-state index in [-0.39, 0.29) is 19.3 Å². The third-order valence-corrected chi connectivity index (χ3v) is 5.72. The number of carboxylic acids is 3. The van der Waals surface area contributed by atoms with Gasteiger partial charge in [0.25, 0.3) is 0 Å². The minimum atomic E-state index is -0.831. The van der Waals surface area contributed by atoms with Crippen molar-refractivity contribution in [3.8, 4) is 0 Å². The van der Waals surface area contributed by atoms with Gasteiger partial charge < -0.3 is 19.8 Å². The van der Waals surface area contributed by atoms with Crippen molar-refractivity contribution in [2.24, 2.45) is 0 Å². The Labute approximate surface area is 187 Å². The third-order valence-electron chi connectivity index (χ3n) is 5.72. The molecular formula is C24H44NO6+. The van der Waals surface area contributed by atoms with Crippen LogP contribution in [0.1, 0.15) is 96.8 Å². The Morgan fingerprint density at radius 3 is 1.39 bits per heavy atom. The fourth-order valence-electron chi connectivity index (χ4n) is 4.07. The number of carboxylic acid groups (broad SMARTS) is 3. The van der Waals surface area contributed by atoms with Crippen LogP contribution in [-0.2, 0) is 14.4 Å². The van der Waals surface area contributed by atoms with E-state index in [1.807, 2.05) is 0 Å². The lowest BCUT2D eigenvalue weighted by Crippen LogP contribution is -2.51. The lowest BCUT2D eigenvalue weighted by atomic mass is 10.1.